The number of carbonyl (C=O) groups is 4. The molecule has 2 bridgehead atoms. The number of ether oxygens (including phenoxy) is 7. The van der Waals surface area contributed by atoms with Crippen LogP contribution in [0.2, 0.25) is 0 Å². The maximum absolute atomic E-state index is 14.5. The van der Waals surface area contributed by atoms with Gasteiger partial charge in [-0.3, -0.25) is 9.59 Å². The van der Waals surface area contributed by atoms with Crippen molar-refractivity contribution in [3.8, 4) is 5.75 Å². The lowest BCUT2D eigenvalue weighted by atomic mass is 9.73. The number of rotatable bonds is 8. The molecule has 4 aliphatic heterocycles. The standard InChI is InChI=1S/C41H64N4O14S/c1-12-30-41(8)34(43-39(50)59-41)23(4)31(46)21(2)18-40(7)35(57-37-32(47)29(45(9)10)16-22(3)55-37)24(5)33(25(6)36(48)56-30)54-20-26(19-42-38(49)58-40)44-60(51,52)28-15-13-14-27(17-28)53-11/h13-15,17,21-26,29-30,32-35,37,44,47H,12,16,18-20H2,1-11H3,(H,42,49)(H,43,50)/t21-,22-,23+,24+,25-,26?,29+,30-,32-,33+,34+,35-,37+,40-,41-/m1/s1. The number of aliphatic hydroxyl groups excluding tert-OH is 1. The third-order valence-electron chi connectivity index (χ3n) is 12.6. The number of cyclic esters (lactones) is 1. The first-order chi connectivity index (χ1) is 28.0. The van der Waals surface area contributed by atoms with Gasteiger partial charge in [0.15, 0.2) is 11.9 Å². The summed E-state index contributed by atoms with van der Waals surface area (Å²) >= 11 is 0. The Kier molecular flexibility index (Phi) is 14.9. The summed E-state index contributed by atoms with van der Waals surface area (Å²) in [6.45, 7) is 12.9. The molecule has 0 radical (unpaired) electrons. The molecule has 4 aliphatic rings. The zero-order valence-corrected chi connectivity index (χ0v) is 37.3. The number of aliphatic hydroxyl groups is 1. The van der Waals surface area contributed by atoms with E-state index in [1.54, 1.807) is 54.5 Å². The lowest BCUT2D eigenvalue weighted by Crippen LogP contribution is -2.61. The molecule has 0 aliphatic carbocycles. The van der Waals surface area contributed by atoms with Gasteiger partial charge >= 0.3 is 18.2 Å². The summed E-state index contributed by atoms with van der Waals surface area (Å²) < 4.78 is 73.3. The van der Waals surface area contributed by atoms with Crippen LogP contribution in [0.3, 0.4) is 0 Å². The number of nitrogens with one attached hydrogen (secondary N) is 3. The van der Waals surface area contributed by atoms with E-state index in [2.05, 4.69) is 15.4 Å². The number of carbonyl (C=O) groups excluding carboxylic acids is 4. The fourth-order valence-electron chi connectivity index (χ4n) is 9.39. The van der Waals surface area contributed by atoms with Gasteiger partial charge < -0.3 is 53.8 Å². The molecule has 4 saturated heterocycles. The van der Waals surface area contributed by atoms with Gasteiger partial charge in [-0.25, -0.2) is 22.7 Å². The van der Waals surface area contributed by atoms with Crippen LogP contribution in [-0.2, 0) is 48.0 Å². The highest BCUT2D eigenvalue weighted by Gasteiger charge is 2.58. The van der Waals surface area contributed by atoms with Crippen LogP contribution in [0.15, 0.2) is 29.2 Å². The highest BCUT2D eigenvalue weighted by atomic mass is 32.2. The van der Waals surface area contributed by atoms with Crippen LogP contribution in [0, 0.1) is 23.7 Å². The number of esters is 1. The molecule has 1 aromatic carbocycles. The Labute approximate surface area is 353 Å². The normalized spacial score (nSPS) is 39.9. The van der Waals surface area contributed by atoms with E-state index in [9.17, 15) is 32.7 Å². The smallest absolute Gasteiger partial charge is 0.408 e. The lowest BCUT2D eigenvalue weighted by molar-refractivity contribution is -0.299. The molecule has 60 heavy (non-hydrogen) atoms. The molecule has 19 heteroatoms. The van der Waals surface area contributed by atoms with Gasteiger partial charge in [-0.15, -0.1) is 0 Å². The Morgan fingerprint density at radius 3 is 2.37 bits per heavy atom. The highest BCUT2D eigenvalue weighted by Crippen LogP contribution is 2.42. The third-order valence-corrected chi connectivity index (χ3v) is 14.1. The van der Waals surface area contributed by atoms with E-state index in [0.29, 0.717) is 12.2 Å². The van der Waals surface area contributed by atoms with Crippen molar-refractivity contribution in [3.05, 3.63) is 24.3 Å². The number of hydrogen-bond donors (Lipinski definition) is 4. The molecule has 5 rings (SSSR count). The quantitative estimate of drug-likeness (QED) is 0.218. The first kappa shape index (κ1) is 47.5. The van der Waals surface area contributed by atoms with Crippen LogP contribution in [0.4, 0.5) is 9.59 Å². The molecule has 0 saturated carbocycles. The molecule has 1 aromatic rings. The SMILES string of the molecule is CC[C@H]1OC(=O)[C@H](C)[C@H]2OCC(NS(=O)(=O)c3cccc(OC)c3)CNC(=O)O[C@](C)(C[C@@H](C)C(=O)[C@H](C)[C@@H]3NC(=O)O[C@]13C)[C@H](O[C@@H]1O[C@H](C)C[C@H](N(C)C)[C@H]1O)[C@H]2C. The monoisotopic (exact) mass is 868 g/mol. The minimum atomic E-state index is -4.23. The molecule has 338 valence electrons. The largest absolute Gasteiger partial charge is 0.497 e. The summed E-state index contributed by atoms with van der Waals surface area (Å²) in [5.41, 5.74) is -3.15. The van der Waals surface area contributed by atoms with E-state index < -0.39 is 106 Å². The lowest BCUT2D eigenvalue weighted by Gasteiger charge is -2.48. The first-order valence-electron chi connectivity index (χ1n) is 20.7. The molecule has 4 fully saturated rings. The molecule has 15 atom stereocenters. The number of ketones is 1. The summed E-state index contributed by atoms with van der Waals surface area (Å²) in [6.07, 6.45) is -7.27. The van der Waals surface area contributed by atoms with Crippen molar-refractivity contribution in [2.24, 2.45) is 23.7 Å². The number of methoxy groups -OCH3 is 1. The molecular weight excluding hydrogens is 805 g/mol. The molecule has 18 nitrogen and oxygen atoms in total. The Hall–Kier alpha value is -3.59. The Bertz CT molecular complexity index is 1830. The van der Waals surface area contributed by atoms with Gasteiger partial charge in [-0.1, -0.05) is 33.8 Å². The Balaban J connectivity index is 1.65. The summed E-state index contributed by atoms with van der Waals surface area (Å²) in [4.78, 5) is 57.6. The van der Waals surface area contributed by atoms with Crippen molar-refractivity contribution in [2.45, 2.75) is 146 Å². The molecule has 0 aromatic heterocycles. The minimum Gasteiger partial charge on any atom is -0.497 e. The minimum absolute atomic E-state index is 0.101. The second-order valence-electron chi connectivity index (χ2n) is 17.5. The third kappa shape index (κ3) is 10.0. The fourth-order valence-corrected chi connectivity index (χ4v) is 10.6. The number of fused-ring (bicyclic) bond motifs is 4. The van der Waals surface area contributed by atoms with Crippen molar-refractivity contribution >= 4 is 34.0 Å². The van der Waals surface area contributed by atoms with Gasteiger partial charge in [-0.05, 0) is 73.2 Å². The van der Waals surface area contributed by atoms with Gasteiger partial charge in [0.1, 0.15) is 35.4 Å². The van der Waals surface area contributed by atoms with E-state index in [4.69, 9.17) is 33.2 Å². The molecule has 4 heterocycles. The number of amides is 2. The summed E-state index contributed by atoms with van der Waals surface area (Å²) in [7, 11) is 0.841. The average molecular weight is 869 g/mol. The van der Waals surface area contributed by atoms with Crippen LogP contribution in [0.1, 0.15) is 74.7 Å². The van der Waals surface area contributed by atoms with Gasteiger partial charge in [0.25, 0.3) is 0 Å². The van der Waals surface area contributed by atoms with E-state index in [1.165, 1.54) is 25.3 Å². The fraction of sp³-hybridized carbons (Fsp3) is 0.756. The number of hydrogen-bond acceptors (Lipinski definition) is 15. The zero-order chi connectivity index (χ0) is 44.5. The molecule has 4 N–H and O–H groups in total. The first-order valence-corrected chi connectivity index (χ1v) is 22.2. The van der Waals surface area contributed by atoms with Gasteiger partial charge in [0.05, 0.1) is 48.8 Å². The van der Waals surface area contributed by atoms with E-state index in [0.717, 1.165) is 0 Å². The second-order valence-corrected chi connectivity index (χ2v) is 19.2. The molecular formula is C41H64N4O14S. The highest BCUT2D eigenvalue weighted by molar-refractivity contribution is 7.89. The summed E-state index contributed by atoms with van der Waals surface area (Å²) in [6, 6.07) is 3.47. The van der Waals surface area contributed by atoms with E-state index >= 15 is 0 Å². The number of likely N-dealkylation sites (N-methyl/N-ethyl adjacent to an activating group) is 1. The maximum Gasteiger partial charge on any atom is 0.408 e. The molecule has 1 unspecified atom stereocenters. The zero-order valence-electron chi connectivity index (χ0n) is 36.5. The van der Waals surface area contributed by atoms with Crippen LogP contribution >= 0.6 is 0 Å². The van der Waals surface area contributed by atoms with Gasteiger partial charge in [-0.2, -0.15) is 0 Å². The van der Waals surface area contributed by atoms with Crippen molar-refractivity contribution in [2.75, 3.05) is 34.4 Å². The van der Waals surface area contributed by atoms with Gasteiger partial charge in [0.2, 0.25) is 10.0 Å². The maximum atomic E-state index is 14.5. The average Bonchev–Trinajstić information content (AvgIpc) is 3.50. The summed E-state index contributed by atoms with van der Waals surface area (Å²) in [5, 5.41) is 17.1. The van der Waals surface area contributed by atoms with Crippen molar-refractivity contribution in [3.63, 3.8) is 0 Å². The number of benzene rings is 1. The Morgan fingerprint density at radius 1 is 1.02 bits per heavy atom. The van der Waals surface area contributed by atoms with Crippen LogP contribution in [0.25, 0.3) is 0 Å². The number of alkyl carbamates (subject to hydrolysis) is 2. The predicted molar refractivity (Wildman–Crippen MR) is 215 cm³/mol. The summed E-state index contributed by atoms with van der Waals surface area (Å²) in [5.74, 6) is -4.42. The van der Waals surface area contributed by atoms with Crippen LogP contribution in [-0.4, -0.2) is 143 Å². The number of nitrogens with zero attached hydrogens (tertiary/aromatic N) is 1. The van der Waals surface area contributed by atoms with Crippen molar-refractivity contribution in [1.29, 1.82) is 0 Å². The Morgan fingerprint density at radius 2 is 1.72 bits per heavy atom. The topological polar surface area (TPSA) is 227 Å². The van der Waals surface area contributed by atoms with Crippen LogP contribution < -0.4 is 20.1 Å². The van der Waals surface area contributed by atoms with Gasteiger partial charge in [0, 0.05) is 36.4 Å². The van der Waals surface area contributed by atoms with E-state index in [-0.39, 0.29) is 48.8 Å². The molecule has 2 amide bonds. The van der Waals surface area contributed by atoms with Crippen molar-refractivity contribution in [1.82, 2.24) is 20.3 Å². The molecule has 0 spiro atoms. The number of Topliss-reactive ketones (excluding diaryl/α,β-unsaturated/α-hetero) is 1. The number of sulfonamides is 1. The van der Waals surface area contributed by atoms with Crippen LogP contribution in [0.5, 0.6) is 5.75 Å². The van der Waals surface area contributed by atoms with Crippen molar-refractivity contribution < 1.29 is 65.9 Å². The van der Waals surface area contributed by atoms with E-state index in [1.807, 2.05) is 25.9 Å². The predicted octanol–water partition coefficient (Wildman–Crippen LogP) is 2.74. The second kappa shape index (κ2) is 18.8.